The lowest BCUT2D eigenvalue weighted by atomic mass is 9.97. The van der Waals surface area contributed by atoms with Gasteiger partial charge < -0.3 is 9.47 Å². The number of thioether (sulfide) groups is 1. The van der Waals surface area contributed by atoms with Crippen LogP contribution in [0.2, 0.25) is 0 Å². The second-order valence-electron chi connectivity index (χ2n) is 3.86. The Morgan fingerprint density at radius 1 is 1.33 bits per heavy atom. The molecule has 0 aliphatic rings. The van der Waals surface area contributed by atoms with Gasteiger partial charge >= 0.3 is 0 Å². The molecule has 1 aromatic rings. The lowest BCUT2D eigenvalue weighted by Crippen LogP contribution is -2.01. The van der Waals surface area contributed by atoms with Gasteiger partial charge in [-0.05, 0) is 35.7 Å². The first-order valence-corrected chi connectivity index (χ1v) is 6.54. The molecule has 0 amide bonds. The Morgan fingerprint density at radius 2 is 1.94 bits per heavy atom. The third-order valence-corrected chi connectivity index (χ3v) is 3.32. The number of nitriles is 1. The summed E-state index contributed by atoms with van der Waals surface area (Å²) in [5.74, 6) is 1.32. The summed E-state index contributed by atoms with van der Waals surface area (Å²) in [5, 5.41) is 10.5. The molecule has 0 heterocycles. The van der Waals surface area contributed by atoms with Gasteiger partial charge in [0.25, 0.3) is 0 Å². The minimum Gasteiger partial charge on any atom is -0.493 e. The normalized spacial score (nSPS) is 11.7. The summed E-state index contributed by atoms with van der Waals surface area (Å²) in [4.78, 5) is 0. The summed E-state index contributed by atoms with van der Waals surface area (Å²) in [5.41, 5.74) is 0.589. The van der Waals surface area contributed by atoms with Gasteiger partial charge in [0.05, 0.1) is 14.2 Å². The smallest absolute Gasteiger partial charge is 0.163 e. The third-order valence-electron chi connectivity index (χ3n) is 2.75. The van der Waals surface area contributed by atoms with Gasteiger partial charge in [-0.15, -0.1) is 0 Å². The molecule has 0 aliphatic carbocycles. The number of methoxy groups -OCH3 is 2. The molecule has 0 spiro atoms. The van der Waals surface area contributed by atoms with Crippen LogP contribution in [0.4, 0.5) is 4.39 Å². The van der Waals surface area contributed by atoms with Crippen molar-refractivity contribution in [2.75, 3.05) is 20.0 Å². The van der Waals surface area contributed by atoms with Gasteiger partial charge in [0, 0.05) is 11.8 Å². The Morgan fingerprint density at radius 3 is 2.50 bits per heavy atom. The van der Waals surface area contributed by atoms with E-state index in [0.29, 0.717) is 22.8 Å². The molecule has 0 radical (unpaired) electrons. The fraction of sp³-hybridized carbons (Fsp3) is 0.462. The standard InChI is InChI=1S/C13H16FNO2S/c1-9(4-5-18-8-15)10-6-12(16-2)13(17-3)7-11(10)14/h6-7,9H,4-5H2,1-3H3. The number of hydrogen-bond acceptors (Lipinski definition) is 4. The fourth-order valence-corrected chi connectivity index (χ4v) is 2.25. The second-order valence-corrected chi connectivity index (χ2v) is 4.74. The maximum Gasteiger partial charge on any atom is 0.163 e. The molecule has 0 N–H and O–H groups in total. The summed E-state index contributed by atoms with van der Waals surface area (Å²) in [6, 6.07) is 3.00. The van der Waals surface area contributed by atoms with E-state index < -0.39 is 0 Å². The van der Waals surface area contributed by atoms with Gasteiger partial charge in [-0.2, -0.15) is 5.26 Å². The molecule has 0 aromatic heterocycles. The molecule has 0 saturated heterocycles. The van der Waals surface area contributed by atoms with Crippen molar-refractivity contribution >= 4 is 11.8 Å². The first kappa shape index (κ1) is 14.7. The summed E-state index contributed by atoms with van der Waals surface area (Å²) >= 11 is 1.18. The highest BCUT2D eigenvalue weighted by Gasteiger charge is 2.16. The van der Waals surface area contributed by atoms with E-state index in [0.717, 1.165) is 6.42 Å². The zero-order chi connectivity index (χ0) is 13.5. The zero-order valence-electron chi connectivity index (χ0n) is 10.7. The van der Waals surface area contributed by atoms with Crippen LogP contribution < -0.4 is 9.47 Å². The van der Waals surface area contributed by atoms with Gasteiger partial charge in [0.15, 0.2) is 11.5 Å². The van der Waals surface area contributed by atoms with E-state index in [1.54, 1.807) is 6.07 Å². The highest BCUT2D eigenvalue weighted by atomic mass is 32.2. The SMILES string of the molecule is COc1cc(F)c(C(C)CCSC#N)cc1OC. The maximum absolute atomic E-state index is 13.9. The molecule has 1 rings (SSSR count). The lowest BCUT2D eigenvalue weighted by Gasteiger charge is -2.15. The van der Waals surface area contributed by atoms with Crippen LogP contribution in [0, 0.1) is 16.5 Å². The molecular weight excluding hydrogens is 253 g/mol. The summed E-state index contributed by atoms with van der Waals surface area (Å²) in [7, 11) is 3.00. The van der Waals surface area contributed by atoms with E-state index in [2.05, 4.69) is 0 Å². The predicted octanol–water partition coefficient (Wildman–Crippen LogP) is 3.55. The molecule has 0 saturated carbocycles. The number of ether oxygens (including phenoxy) is 2. The predicted molar refractivity (Wildman–Crippen MR) is 70.6 cm³/mol. The molecule has 98 valence electrons. The van der Waals surface area contributed by atoms with Gasteiger partial charge in [0.1, 0.15) is 11.2 Å². The molecule has 0 bridgehead atoms. The largest absolute Gasteiger partial charge is 0.493 e. The van der Waals surface area contributed by atoms with E-state index in [9.17, 15) is 4.39 Å². The number of thiocyanates is 1. The van der Waals surface area contributed by atoms with Gasteiger partial charge in [-0.1, -0.05) is 6.92 Å². The molecule has 5 heteroatoms. The Balaban J connectivity index is 2.91. The summed E-state index contributed by atoms with van der Waals surface area (Å²) in [6.07, 6.45) is 0.741. The van der Waals surface area contributed by atoms with E-state index in [1.165, 1.54) is 32.0 Å². The quantitative estimate of drug-likeness (QED) is 0.585. The number of hydrogen-bond donors (Lipinski definition) is 0. The number of halogens is 1. The molecule has 1 aromatic carbocycles. The fourth-order valence-electron chi connectivity index (χ4n) is 1.68. The van der Waals surface area contributed by atoms with Gasteiger partial charge in [-0.25, -0.2) is 4.39 Å². The van der Waals surface area contributed by atoms with Crippen molar-refractivity contribution in [1.29, 1.82) is 5.26 Å². The molecule has 18 heavy (non-hydrogen) atoms. The van der Waals surface area contributed by atoms with Crippen molar-refractivity contribution in [2.24, 2.45) is 0 Å². The number of nitrogens with zero attached hydrogens (tertiary/aromatic N) is 1. The number of rotatable bonds is 6. The monoisotopic (exact) mass is 269 g/mol. The van der Waals surface area contributed by atoms with Crippen LogP contribution in [0.5, 0.6) is 11.5 Å². The average molecular weight is 269 g/mol. The van der Waals surface area contributed by atoms with Crippen LogP contribution in [0.3, 0.4) is 0 Å². The Bertz CT molecular complexity index is 445. The second kappa shape index (κ2) is 7.12. The minimum atomic E-state index is -0.304. The molecule has 0 aliphatic heterocycles. The van der Waals surface area contributed by atoms with Crippen LogP contribution in [-0.2, 0) is 0 Å². The van der Waals surface area contributed by atoms with Crippen LogP contribution in [-0.4, -0.2) is 20.0 Å². The topological polar surface area (TPSA) is 42.2 Å². The highest BCUT2D eigenvalue weighted by Crippen LogP contribution is 2.34. The Kier molecular flexibility index (Phi) is 5.79. The van der Waals surface area contributed by atoms with Crippen molar-refractivity contribution in [1.82, 2.24) is 0 Å². The Labute approximate surface area is 111 Å². The van der Waals surface area contributed by atoms with Crippen molar-refractivity contribution in [2.45, 2.75) is 19.3 Å². The first-order valence-electron chi connectivity index (χ1n) is 5.56. The van der Waals surface area contributed by atoms with E-state index in [-0.39, 0.29) is 11.7 Å². The molecule has 3 nitrogen and oxygen atoms in total. The molecule has 1 atom stereocenters. The van der Waals surface area contributed by atoms with E-state index in [1.807, 2.05) is 12.3 Å². The van der Waals surface area contributed by atoms with Crippen LogP contribution in [0.25, 0.3) is 0 Å². The lowest BCUT2D eigenvalue weighted by molar-refractivity contribution is 0.351. The third kappa shape index (κ3) is 3.54. The summed E-state index contributed by atoms with van der Waals surface area (Å²) < 4.78 is 24.1. The average Bonchev–Trinajstić information content (AvgIpc) is 2.38. The highest BCUT2D eigenvalue weighted by molar-refractivity contribution is 8.03. The van der Waals surface area contributed by atoms with Crippen molar-refractivity contribution in [3.63, 3.8) is 0 Å². The molecule has 0 fully saturated rings. The minimum absolute atomic E-state index is 0.0330. The van der Waals surface area contributed by atoms with Crippen molar-refractivity contribution in [3.05, 3.63) is 23.5 Å². The van der Waals surface area contributed by atoms with Crippen LogP contribution >= 0.6 is 11.8 Å². The van der Waals surface area contributed by atoms with Crippen LogP contribution in [0.15, 0.2) is 12.1 Å². The van der Waals surface area contributed by atoms with Crippen LogP contribution in [0.1, 0.15) is 24.8 Å². The number of benzene rings is 1. The van der Waals surface area contributed by atoms with Gasteiger partial charge in [0.2, 0.25) is 0 Å². The Hall–Kier alpha value is -1.41. The molecule has 1 unspecified atom stereocenters. The van der Waals surface area contributed by atoms with Crippen molar-refractivity contribution < 1.29 is 13.9 Å². The van der Waals surface area contributed by atoms with Crippen molar-refractivity contribution in [3.8, 4) is 16.9 Å². The van der Waals surface area contributed by atoms with E-state index >= 15 is 0 Å². The van der Waals surface area contributed by atoms with E-state index in [4.69, 9.17) is 14.7 Å². The summed E-state index contributed by atoms with van der Waals surface area (Å²) in [6.45, 7) is 1.93. The first-order chi connectivity index (χ1) is 8.63. The molecular formula is C13H16FNO2S. The zero-order valence-corrected chi connectivity index (χ0v) is 11.5. The van der Waals surface area contributed by atoms with Gasteiger partial charge in [-0.3, -0.25) is 0 Å². The maximum atomic E-state index is 13.9.